The highest BCUT2D eigenvalue weighted by Gasteiger charge is 2.22. The Morgan fingerprint density at radius 2 is 2.38 bits per heavy atom. The number of amides is 1. The molecule has 5 heteroatoms. The molecule has 1 aromatic rings. The molecule has 1 heterocycles. The molecule has 1 amide bonds. The highest BCUT2D eigenvalue weighted by atomic mass is 16.2. The number of nitrogens with one attached hydrogen (secondary N) is 1. The number of hydrogen-bond donors (Lipinski definition) is 2. The Morgan fingerprint density at radius 1 is 1.69 bits per heavy atom. The number of aromatic nitrogens is 2. The highest BCUT2D eigenvalue weighted by Crippen LogP contribution is 2.09. The normalized spacial score (nSPS) is 14.5. The van der Waals surface area contributed by atoms with Crippen molar-refractivity contribution in [3.05, 3.63) is 18.0 Å². The summed E-state index contributed by atoms with van der Waals surface area (Å²) < 4.78 is 0. The Morgan fingerprint density at radius 3 is 2.88 bits per heavy atom. The molecule has 0 unspecified atom stereocenters. The maximum absolute atomic E-state index is 11.9. The van der Waals surface area contributed by atoms with Gasteiger partial charge in [0.05, 0.1) is 12.2 Å². The first-order chi connectivity index (χ1) is 7.56. The first-order valence-corrected chi connectivity index (χ1v) is 5.54. The van der Waals surface area contributed by atoms with Crippen LogP contribution >= 0.6 is 0 Å². The fourth-order valence-corrected chi connectivity index (χ4v) is 1.47. The van der Waals surface area contributed by atoms with Crippen molar-refractivity contribution in [3.63, 3.8) is 0 Å². The van der Waals surface area contributed by atoms with E-state index in [9.17, 15) is 4.79 Å². The second kappa shape index (κ2) is 5.65. The molecular weight excluding hydrogens is 204 g/mol. The molecule has 0 radical (unpaired) electrons. The van der Waals surface area contributed by atoms with Crippen molar-refractivity contribution in [1.29, 1.82) is 0 Å². The molecule has 0 bridgehead atoms. The molecule has 0 saturated carbocycles. The van der Waals surface area contributed by atoms with Crippen LogP contribution in [-0.2, 0) is 11.3 Å². The van der Waals surface area contributed by atoms with Gasteiger partial charge in [0.2, 0.25) is 5.91 Å². The molecule has 1 aromatic heterocycles. The molecule has 0 aliphatic heterocycles. The zero-order chi connectivity index (χ0) is 12.1. The zero-order valence-corrected chi connectivity index (χ0v) is 10.1. The van der Waals surface area contributed by atoms with E-state index in [1.165, 1.54) is 0 Å². The molecule has 1 rings (SSSR count). The Bertz CT molecular complexity index is 323. The van der Waals surface area contributed by atoms with E-state index >= 15 is 0 Å². The molecular formula is C11H20N4O. The Labute approximate surface area is 96.0 Å². The van der Waals surface area contributed by atoms with Gasteiger partial charge in [0, 0.05) is 25.4 Å². The predicted molar refractivity (Wildman–Crippen MR) is 62.5 cm³/mol. The fraction of sp³-hybridized carbons (Fsp3) is 0.636. The van der Waals surface area contributed by atoms with Crippen LogP contribution in [0, 0.1) is 5.92 Å². The van der Waals surface area contributed by atoms with Gasteiger partial charge in [0.25, 0.3) is 0 Å². The van der Waals surface area contributed by atoms with Crippen LogP contribution in [0.1, 0.15) is 25.8 Å². The van der Waals surface area contributed by atoms with Crippen LogP contribution in [0.2, 0.25) is 0 Å². The highest BCUT2D eigenvalue weighted by molar-refractivity contribution is 5.81. The van der Waals surface area contributed by atoms with Gasteiger partial charge in [-0.3, -0.25) is 9.89 Å². The van der Waals surface area contributed by atoms with Crippen molar-refractivity contribution in [3.8, 4) is 0 Å². The molecule has 3 N–H and O–H groups in total. The van der Waals surface area contributed by atoms with Crippen LogP contribution < -0.4 is 5.73 Å². The summed E-state index contributed by atoms with van der Waals surface area (Å²) in [5.74, 6) is 0.190. The monoisotopic (exact) mass is 224 g/mol. The first kappa shape index (κ1) is 12.7. The summed E-state index contributed by atoms with van der Waals surface area (Å²) >= 11 is 0. The minimum absolute atomic E-state index is 0.0180. The van der Waals surface area contributed by atoms with Gasteiger partial charge in [0.15, 0.2) is 0 Å². The lowest BCUT2D eigenvalue weighted by Crippen LogP contribution is -2.45. The lowest BCUT2D eigenvalue weighted by molar-refractivity contribution is -0.132. The summed E-state index contributed by atoms with van der Waals surface area (Å²) in [5, 5.41) is 6.55. The van der Waals surface area contributed by atoms with Gasteiger partial charge in [-0.15, -0.1) is 0 Å². The minimum atomic E-state index is -0.415. The Kier molecular flexibility index (Phi) is 4.49. The van der Waals surface area contributed by atoms with Crippen molar-refractivity contribution in [2.75, 3.05) is 7.05 Å². The first-order valence-electron chi connectivity index (χ1n) is 5.54. The Hall–Kier alpha value is -1.36. The topological polar surface area (TPSA) is 75.0 Å². The number of hydrogen-bond acceptors (Lipinski definition) is 3. The van der Waals surface area contributed by atoms with Gasteiger partial charge in [-0.2, -0.15) is 5.10 Å². The van der Waals surface area contributed by atoms with Crippen LogP contribution in [0.15, 0.2) is 12.4 Å². The molecule has 90 valence electrons. The van der Waals surface area contributed by atoms with Gasteiger partial charge in [-0.05, 0) is 5.92 Å². The summed E-state index contributed by atoms with van der Waals surface area (Å²) in [5.41, 5.74) is 6.87. The third-order valence-electron chi connectivity index (χ3n) is 2.89. The van der Waals surface area contributed by atoms with Gasteiger partial charge in [0.1, 0.15) is 0 Å². The van der Waals surface area contributed by atoms with Gasteiger partial charge in [-0.25, -0.2) is 0 Å². The number of H-pyrrole nitrogens is 1. The van der Waals surface area contributed by atoms with Gasteiger partial charge in [-0.1, -0.05) is 20.3 Å². The molecule has 0 aliphatic rings. The maximum atomic E-state index is 11.9. The summed E-state index contributed by atoms with van der Waals surface area (Å²) in [6, 6.07) is -0.415. The van der Waals surface area contributed by atoms with Crippen LogP contribution in [0.4, 0.5) is 0 Å². The second-order valence-electron chi connectivity index (χ2n) is 4.21. The Balaban J connectivity index is 2.53. The third-order valence-corrected chi connectivity index (χ3v) is 2.89. The van der Waals surface area contributed by atoms with Gasteiger partial charge < -0.3 is 10.6 Å². The number of nitrogens with zero attached hydrogens (tertiary/aromatic N) is 2. The van der Waals surface area contributed by atoms with E-state index in [0.29, 0.717) is 6.54 Å². The number of likely N-dealkylation sites (N-methyl/N-ethyl adjacent to an activating group) is 1. The predicted octanol–water partition coefficient (Wildman–Crippen LogP) is 0.741. The molecule has 16 heavy (non-hydrogen) atoms. The van der Waals surface area contributed by atoms with Crippen LogP contribution in [0.5, 0.6) is 0 Å². The maximum Gasteiger partial charge on any atom is 0.239 e. The summed E-state index contributed by atoms with van der Waals surface area (Å²) in [6.07, 6.45) is 4.39. The average Bonchev–Trinajstić information content (AvgIpc) is 2.78. The quantitative estimate of drug-likeness (QED) is 0.774. The smallest absolute Gasteiger partial charge is 0.239 e. The van der Waals surface area contributed by atoms with Crippen molar-refractivity contribution in [2.45, 2.75) is 32.9 Å². The van der Waals surface area contributed by atoms with Gasteiger partial charge >= 0.3 is 0 Å². The van der Waals surface area contributed by atoms with Crippen molar-refractivity contribution >= 4 is 5.91 Å². The molecule has 2 atom stereocenters. The zero-order valence-electron chi connectivity index (χ0n) is 10.1. The van der Waals surface area contributed by atoms with E-state index in [0.717, 1.165) is 12.0 Å². The number of carbonyl (C=O) groups is 1. The summed E-state index contributed by atoms with van der Waals surface area (Å²) in [4.78, 5) is 13.6. The number of rotatable bonds is 5. The van der Waals surface area contributed by atoms with Crippen LogP contribution in [0.3, 0.4) is 0 Å². The number of nitrogens with two attached hydrogens (primary N) is 1. The van der Waals surface area contributed by atoms with Crippen molar-refractivity contribution in [1.82, 2.24) is 15.1 Å². The van der Waals surface area contributed by atoms with Crippen LogP contribution in [-0.4, -0.2) is 34.1 Å². The molecule has 0 aromatic carbocycles. The molecule has 0 spiro atoms. The van der Waals surface area contributed by atoms with Crippen molar-refractivity contribution < 1.29 is 4.79 Å². The van der Waals surface area contributed by atoms with E-state index in [2.05, 4.69) is 10.2 Å². The summed E-state index contributed by atoms with van der Waals surface area (Å²) in [7, 11) is 1.76. The third kappa shape index (κ3) is 3.06. The number of aromatic amines is 1. The molecule has 0 fully saturated rings. The summed E-state index contributed by atoms with van der Waals surface area (Å²) in [6.45, 7) is 4.57. The molecule has 5 nitrogen and oxygen atoms in total. The number of carbonyl (C=O) groups excluding carboxylic acids is 1. The van der Waals surface area contributed by atoms with Crippen LogP contribution in [0.25, 0.3) is 0 Å². The van der Waals surface area contributed by atoms with Crippen molar-refractivity contribution in [2.24, 2.45) is 11.7 Å². The minimum Gasteiger partial charge on any atom is -0.340 e. The second-order valence-corrected chi connectivity index (χ2v) is 4.21. The van der Waals surface area contributed by atoms with E-state index in [-0.39, 0.29) is 11.8 Å². The molecule has 0 saturated heterocycles. The molecule has 0 aliphatic carbocycles. The van der Waals surface area contributed by atoms with E-state index in [1.807, 2.05) is 13.8 Å². The van der Waals surface area contributed by atoms with E-state index in [4.69, 9.17) is 5.73 Å². The fourth-order valence-electron chi connectivity index (χ4n) is 1.47. The lowest BCUT2D eigenvalue weighted by atomic mass is 9.99. The van der Waals surface area contributed by atoms with E-state index < -0.39 is 6.04 Å². The SMILES string of the molecule is CC[C@H](C)[C@H](N)C(=O)N(C)Cc1cn[nH]c1. The van der Waals surface area contributed by atoms with E-state index in [1.54, 1.807) is 24.3 Å². The average molecular weight is 224 g/mol. The lowest BCUT2D eigenvalue weighted by Gasteiger charge is -2.24. The standard InChI is InChI=1S/C11H20N4O/c1-4-8(2)10(12)11(16)15(3)7-9-5-13-14-6-9/h5-6,8,10H,4,7,12H2,1-3H3,(H,13,14)/t8-,10-/m0/s1. The largest absolute Gasteiger partial charge is 0.340 e.